The third kappa shape index (κ3) is 7.03. The zero-order chi connectivity index (χ0) is 40.7. The standard InChI is InChI=1S/C59H43NO/c1-40-10-7-16-51-37-49(28-34-55(40)51)47-14-8-13-46(36-47)44-22-20-42(21-23-44)43-24-30-52(31-25-43)60(54-17-9-15-48(38-54)41-11-3-2-4-12-41)53-32-26-45(27-33-53)50-29-35-57-56-18-5-6-19-58(56)61-59(57)39-50/h2-9,11-40H,10H2,1H3. The van der Waals surface area contributed by atoms with E-state index >= 15 is 0 Å². The van der Waals surface area contributed by atoms with E-state index < -0.39 is 0 Å². The lowest BCUT2D eigenvalue weighted by Crippen LogP contribution is -2.10. The molecule has 0 saturated heterocycles. The van der Waals surface area contributed by atoms with Gasteiger partial charge in [0.2, 0.25) is 0 Å². The highest BCUT2D eigenvalue weighted by molar-refractivity contribution is 6.06. The van der Waals surface area contributed by atoms with Gasteiger partial charge in [-0.2, -0.15) is 0 Å². The first kappa shape index (κ1) is 36.4. The van der Waals surface area contributed by atoms with Gasteiger partial charge in [0, 0.05) is 27.8 Å². The van der Waals surface area contributed by atoms with Crippen molar-refractivity contribution in [1.82, 2.24) is 0 Å². The first-order valence-electron chi connectivity index (χ1n) is 21.2. The number of nitrogens with zero attached hydrogens (tertiary/aromatic N) is 1. The Morgan fingerprint density at radius 1 is 0.377 bits per heavy atom. The van der Waals surface area contributed by atoms with Crippen LogP contribution in [-0.4, -0.2) is 0 Å². The summed E-state index contributed by atoms with van der Waals surface area (Å²) in [6.07, 6.45) is 5.69. The topological polar surface area (TPSA) is 16.4 Å². The number of allylic oxidation sites excluding steroid dienone is 1. The molecule has 1 heterocycles. The lowest BCUT2D eigenvalue weighted by Gasteiger charge is -2.26. The summed E-state index contributed by atoms with van der Waals surface area (Å²) in [5, 5.41) is 2.28. The summed E-state index contributed by atoms with van der Waals surface area (Å²) in [6, 6.07) is 76.8. The molecule has 0 aliphatic heterocycles. The van der Waals surface area contributed by atoms with Gasteiger partial charge in [-0.05, 0) is 146 Å². The fraction of sp³-hybridized carbons (Fsp3) is 0.0508. The van der Waals surface area contributed by atoms with E-state index in [0.29, 0.717) is 5.92 Å². The number of anilines is 3. The summed E-state index contributed by atoms with van der Waals surface area (Å²) in [5.41, 5.74) is 19.8. The summed E-state index contributed by atoms with van der Waals surface area (Å²) in [5.74, 6) is 0.571. The summed E-state index contributed by atoms with van der Waals surface area (Å²) < 4.78 is 6.23. The molecular weight excluding hydrogens is 739 g/mol. The van der Waals surface area contributed by atoms with Crippen molar-refractivity contribution in [3.05, 3.63) is 230 Å². The molecule has 0 bridgehead atoms. The molecule has 0 amide bonds. The Bertz CT molecular complexity index is 3210. The molecule has 11 rings (SSSR count). The van der Waals surface area contributed by atoms with Crippen molar-refractivity contribution in [3.63, 3.8) is 0 Å². The van der Waals surface area contributed by atoms with Gasteiger partial charge in [-0.1, -0.05) is 165 Å². The van der Waals surface area contributed by atoms with Crippen LogP contribution in [0.2, 0.25) is 0 Å². The summed E-state index contributed by atoms with van der Waals surface area (Å²) in [6.45, 7) is 2.31. The zero-order valence-electron chi connectivity index (χ0n) is 34.0. The van der Waals surface area contributed by atoms with Crippen LogP contribution >= 0.6 is 0 Å². The second-order valence-corrected chi connectivity index (χ2v) is 16.2. The molecule has 0 fully saturated rings. The fourth-order valence-corrected chi connectivity index (χ4v) is 9.02. The molecule has 1 aromatic heterocycles. The van der Waals surface area contributed by atoms with Crippen molar-refractivity contribution in [2.24, 2.45) is 0 Å². The Morgan fingerprint density at radius 2 is 0.869 bits per heavy atom. The van der Waals surface area contributed by atoms with Gasteiger partial charge in [0.25, 0.3) is 0 Å². The van der Waals surface area contributed by atoms with Gasteiger partial charge in [-0.3, -0.25) is 0 Å². The molecule has 1 unspecified atom stereocenters. The highest BCUT2D eigenvalue weighted by atomic mass is 16.3. The van der Waals surface area contributed by atoms with Crippen molar-refractivity contribution in [1.29, 1.82) is 0 Å². The molecule has 0 radical (unpaired) electrons. The average Bonchev–Trinajstić information content (AvgIpc) is 3.71. The van der Waals surface area contributed by atoms with E-state index in [4.69, 9.17) is 4.42 Å². The van der Waals surface area contributed by atoms with Gasteiger partial charge >= 0.3 is 0 Å². The number of hydrogen-bond acceptors (Lipinski definition) is 2. The molecular formula is C59H43NO. The number of furan rings is 1. The van der Waals surface area contributed by atoms with E-state index in [0.717, 1.165) is 56.5 Å². The molecule has 9 aromatic carbocycles. The Balaban J connectivity index is 0.891. The van der Waals surface area contributed by atoms with Gasteiger partial charge in [0.15, 0.2) is 0 Å². The van der Waals surface area contributed by atoms with E-state index in [1.165, 1.54) is 55.6 Å². The molecule has 0 saturated carbocycles. The summed E-state index contributed by atoms with van der Waals surface area (Å²) in [4.78, 5) is 2.35. The van der Waals surface area contributed by atoms with Crippen LogP contribution in [0.25, 0.3) is 83.6 Å². The highest BCUT2D eigenvalue weighted by Crippen LogP contribution is 2.40. The van der Waals surface area contributed by atoms with Crippen LogP contribution in [0, 0.1) is 0 Å². The summed E-state index contributed by atoms with van der Waals surface area (Å²) in [7, 11) is 0. The smallest absolute Gasteiger partial charge is 0.136 e. The van der Waals surface area contributed by atoms with Gasteiger partial charge in [-0.15, -0.1) is 0 Å². The molecule has 290 valence electrons. The van der Waals surface area contributed by atoms with Gasteiger partial charge in [0.1, 0.15) is 11.2 Å². The van der Waals surface area contributed by atoms with E-state index in [-0.39, 0.29) is 0 Å². The first-order valence-corrected chi connectivity index (χ1v) is 21.2. The van der Waals surface area contributed by atoms with Crippen LogP contribution in [0.4, 0.5) is 17.1 Å². The van der Waals surface area contributed by atoms with Crippen LogP contribution in [-0.2, 0) is 0 Å². The maximum Gasteiger partial charge on any atom is 0.136 e. The van der Waals surface area contributed by atoms with Crippen LogP contribution < -0.4 is 4.90 Å². The molecule has 2 nitrogen and oxygen atoms in total. The molecule has 0 spiro atoms. The molecule has 2 heteroatoms. The minimum absolute atomic E-state index is 0.571. The van der Waals surface area contributed by atoms with Crippen molar-refractivity contribution < 1.29 is 4.42 Å². The normalized spacial score (nSPS) is 13.4. The van der Waals surface area contributed by atoms with E-state index in [1.807, 2.05) is 12.1 Å². The largest absolute Gasteiger partial charge is 0.456 e. The van der Waals surface area contributed by atoms with E-state index in [9.17, 15) is 0 Å². The minimum Gasteiger partial charge on any atom is -0.456 e. The first-order chi connectivity index (χ1) is 30.1. The average molecular weight is 782 g/mol. The minimum atomic E-state index is 0.571. The summed E-state index contributed by atoms with van der Waals surface area (Å²) >= 11 is 0. The van der Waals surface area contributed by atoms with Gasteiger partial charge in [0.05, 0.1) is 0 Å². The number of hydrogen-bond donors (Lipinski definition) is 0. The molecule has 0 N–H and O–H groups in total. The van der Waals surface area contributed by atoms with E-state index in [1.54, 1.807) is 0 Å². The molecule has 61 heavy (non-hydrogen) atoms. The zero-order valence-corrected chi connectivity index (χ0v) is 34.0. The van der Waals surface area contributed by atoms with Gasteiger partial charge < -0.3 is 9.32 Å². The monoisotopic (exact) mass is 781 g/mol. The molecule has 1 atom stereocenters. The van der Waals surface area contributed by atoms with Crippen LogP contribution in [0.5, 0.6) is 0 Å². The lowest BCUT2D eigenvalue weighted by molar-refractivity contribution is 0.669. The number of rotatable bonds is 8. The number of fused-ring (bicyclic) bond motifs is 4. The van der Waals surface area contributed by atoms with Gasteiger partial charge in [-0.25, -0.2) is 0 Å². The van der Waals surface area contributed by atoms with Crippen LogP contribution in [0.15, 0.2) is 223 Å². The Morgan fingerprint density at radius 3 is 1.59 bits per heavy atom. The maximum atomic E-state index is 6.23. The van der Waals surface area contributed by atoms with Crippen LogP contribution in [0.3, 0.4) is 0 Å². The molecule has 1 aliphatic carbocycles. The predicted molar refractivity (Wildman–Crippen MR) is 258 cm³/mol. The highest BCUT2D eigenvalue weighted by Gasteiger charge is 2.16. The SMILES string of the molecule is CC1CC=Cc2cc(-c3cccc(-c4ccc(-c5ccc(N(c6ccc(-c7ccc8c(c7)oc7ccccc78)cc6)c6cccc(-c7ccccc7)c6)cc5)cc4)c3)ccc21. The van der Waals surface area contributed by atoms with Crippen molar-refractivity contribution in [2.75, 3.05) is 4.90 Å². The molecule has 1 aliphatic rings. The Labute approximate surface area is 357 Å². The maximum absolute atomic E-state index is 6.23. The molecule has 10 aromatic rings. The Hall–Kier alpha value is -7.68. The third-order valence-electron chi connectivity index (χ3n) is 12.3. The van der Waals surface area contributed by atoms with Crippen molar-refractivity contribution in [3.8, 4) is 55.6 Å². The number of para-hydroxylation sites is 1. The second kappa shape index (κ2) is 15.5. The second-order valence-electron chi connectivity index (χ2n) is 16.2. The quantitative estimate of drug-likeness (QED) is 0.153. The third-order valence-corrected chi connectivity index (χ3v) is 12.3. The lowest BCUT2D eigenvalue weighted by atomic mass is 9.86. The van der Waals surface area contributed by atoms with Crippen molar-refractivity contribution in [2.45, 2.75) is 19.3 Å². The number of benzene rings is 9. The predicted octanol–water partition coefficient (Wildman–Crippen LogP) is 16.9. The Kier molecular flexibility index (Phi) is 9.24. The van der Waals surface area contributed by atoms with Crippen molar-refractivity contribution >= 4 is 45.1 Å². The fourth-order valence-electron chi connectivity index (χ4n) is 9.02. The van der Waals surface area contributed by atoms with Crippen LogP contribution in [0.1, 0.15) is 30.4 Å². The van der Waals surface area contributed by atoms with E-state index in [2.05, 4.69) is 224 Å².